The molecule has 1 aliphatic rings. The summed E-state index contributed by atoms with van der Waals surface area (Å²) in [5.41, 5.74) is 2.79. The van der Waals surface area contributed by atoms with Crippen molar-refractivity contribution in [3.8, 4) is 0 Å². The molecule has 15 heavy (non-hydrogen) atoms. The van der Waals surface area contributed by atoms with Gasteiger partial charge in [0.05, 0.1) is 0 Å². The lowest BCUT2D eigenvalue weighted by molar-refractivity contribution is 0.173. The van der Waals surface area contributed by atoms with Gasteiger partial charge in [0.1, 0.15) is 0 Å². The van der Waals surface area contributed by atoms with Crippen LogP contribution < -0.4 is 5.32 Å². The molecule has 0 radical (unpaired) electrons. The van der Waals surface area contributed by atoms with Gasteiger partial charge in [0.2, 0.25) is 0 Å². The van der Waals surface area contributed by atoms with Crippen LogP contribution in [-0.4, -0.2) is 31.1 Å². The van der Waals surface area contributed by atoms with E-state index in [0.29, 0.717) is 6.04 Å². The zero-order valence-electron chi connectivity index (χ0n) is 9.26. The molecule has 1 fully saturated rings. The summed E-state index contributed by atoms with van der Waals surface area (Å²) in [6, 6.07) is 7.21. The Balaban J connectivity index is 2.05. The van der Waals surface area contributed by atoms with Crippen LogP contribution in [0.25, 0.3) is 0 Å². The van der Waals surface area contributed by atoms with Gasteiger partial charge in [-0.3, -0.25) is 4.90 Å². The number of likely N-dealkylation sites (N-methyl/N-ethyl adjacent to an activating group) is 1. The van der Waals surface area contributed by atoms with Gasteiger partial charge < -0.3 is 5.32 Å². The summed E-state index contributed by atoms with van der Waals surface area (Å²) in [5.74, 6) is 0. The molecule has 0 atom stereocenters. The minimum atomic E-state index is 0.711. The fourth-order valence-corrected chi connectivity index (χ4v) is 2.20. The van der Waals surface area contributed by atoms with Gasteiger partial charge in [-0.05, 0) is 37.2 Å². The van der Waals surface area contributed by atoms with Crippen molar-refractivity contribution in [1.29, 1.82) is 0 Å². The summed E-state index contributed by atoms with van der Waals surface area (Å²) in [6.45, 7) is 5.47. The molecule has 1 aromatic carbocycles. The van der Waals surface area contributed by atoms with Gasteiger partial charge >= 0.3 is 0 Å². The molecule has 0 aliphatic carbocycles. The number of hydrogen-bond acceptors (Lipinski definition) is 2. The molecule has 0 bridgehead atoms. The van der Waals surface area contributed by atoms with Crippen LogP contribution in [0.4, 0.5) is 0 Å². The van der Waals surface area contributed by atoms with Gasteiger partial charge in [0.25, 0.3) is 0 Å². The van der Waals surface area contributed by atoms with Crippen LogP contribution in [0, 0.1) is 6.92 Å². The largest absolute Gasteiger partial charge is 0.314 e. The average Bonchev–Trinajstić information content (AvgIpc) is 2.08. The zero-order valence-corrected chi connectivity index (χ0v) is 10.8. The molecule has 0 saturated carbocycles. The number of hydrogen-bond donors (Lipinski definition) is 1. The van der Waals surface area contributed by atoms with E-state index in [1.165, 1.54) is 15.6 Å². The monoisotopic (exact) mass is 268 g/mol. The van der Waals surface area contributed by atoms with Crippen LogP contribution in [0.15, 0.2) is 22.7 Å². The number of aryl methyl sites for hydroxylation is 1. The summed E-state index contributed by atoms with van der Waals surface area (Å²) in [5, 5.41) is 3.30. The van der Waals surface area contributed by atoms with Crippen LogP contribution in [0.5, 0.6) is 0 Å². The molecule has 1 saturated heterocycles. The lowest BCUT2D eigenvalue weighted by Gasteiger charge is -2.35. The molecule has 1 heterocycles. The standard InChI is InChI=1S/C12H17BrN2/c1-9-3-4-11(13)5-10(9)8-15(2)12-6-14-7-12/h3-5,12,14H,6-8H2,1-2H3. The Kier molecular flexibility index (Phi) is 3.44. The summed E-state index contributed by atoms with van der Waals surface area (Å²) in [7, 11) is 2.20. The maximum atomic E-state index is 3.52. The van der Waals surface area contributed by atoms with Gasteiger partial charge in [0, 0.05) is 30.1 Å². The first-order chi connectivity index (χ1) is 7.16. The van der Waals surface area contributed by atoms with Gasteiger partial charge in [0.15, 0.2) is 0 Å². The highest BCUT2D eigenvalue weighted by molar-refractivity contribution is 9.10. The van der Waals surface area contributed by atoms with Crippen molar-refractivity contribution in [1.82, 2.24) is 10.2 Å². The predicted octanol–water partition coefficient (Wildman–Crippen LogP) is 2.16. The minimum absolute atomic E-state index is 0.711. The first-order valence-corrected chi connectivity index (χ1v) is 6.12. The number of halogens is 1. The van der Waals surface area contributed by atoms with E-state index in [1.807, 2.05) is 0 Å². The first-order valence-electron chi connectivity index (χ1n) is 5.33. The number of rotatable bonds is 3. The third-order valence-electron chi connectivity index (χ3n) is 3.11. The SMILES string of the molecule is Cc1ccc(Br)cc1CN(C)C1CNC1. The molecular weight excluding hydrogens is 252 g/mol. The van der Waals surface area contributed by atoms with Crippen molar-refractivity contribution < 1.29 is 0 Å². The van der Waals surface area contributed by atoms with Gasteiger partial charge in [-0.25, -0.2) is 0 Å². The second-order valence-electron chi connectivity index (χ2n) is 4.30. The van der Waals surface area contributed by atoms with E-state index in [1.54, 1.807) is 0 Å². The fourth-order valence-electron chi connectivity index (χ4n) is 1.79. The lowest BCUT2D eigenvalue weighted by Crippen LogP contribution is -2.55. The van der Waals surface area contributed by atoms with Gasteiger partial charge in [-0.15, -0.1) is 0 Å². The Hall–Kier alpha value is -0.380. The topological polar surface area (TPSA) is 15.3 Å². The molecule has 1 aliphatic heterocycles. The third kappa shape index (κ3) is 2.60. The van der Waals surface area contributed by atoms with E-state index in [4.69, 9.17) is 0 Å². The number of nitrogens with zero attached hydrogens (tertiary/aromatic N) is 1. The molecule has 0 amide bonds. The Morgan fingerprint density at radius 3 is 2.80 bits per heavy atom. The zero-order chi connectivity index (χ0) is 10.8. The number of benzene rings is 1. The highest BCUT2D eigenvalue weighted by atomic mass is 79.9. The molecule has 0 unspecified atom stereocenters. The smallest absolute Gasteiger partial charge is 0.0345 e. The van der Waals surface area contributed by atoms with E-state index in [9.17, 15) is 0 Å². The van der Waals surface area contributed by atoms with Gasteiger partial charge in [-0.1, -0.05) is 22.0 Å². The summed E-state index contributed by atoms with van der Waals surface area (Å²) in [6.07, 6.45) is 0. The normalized spacial score (nSPS) is 16.8. The fraction of sp³-hybridized carbons (Fsp3) is 0.500. The van der Waals surface area contributed by atoms with Crippen LogP contribution in [0.1, 0.15) is 11.1 Å². The van der Waals surface area contributed by atoms with E-state index in [2.05, 4.69) is 58.3 Å². The van der Waals surface area contributed by atoms with Crippen molar-refractivity contribution in [3.05, 3.63) is 33.8 Å². The Morgan fingerprint density at radius 2 is 2.20 bits per heavy atom. The quantitative estimate of drug-likeness (QED) is 0.904. The third-order valence-corrected chi connectivity index (χ3v) is 3.61. The summed E-state index contributed by atoms with van der Waals surface area (Å²) >= 11 is 3.52. The molecule has 0 aromatic heterocycles. The van der Waals surface area contributed by atoms with Crippen LogP contribution in [0.2, 0.25) is 0 Å². The van der Waals surface area contributed by atoms with Gasteiger partial charge in [-0.2, -0.15) is 0 Å². The summed E-state index contributed by atoms with van der Waals surface area (Å²) < 4.78 is 1.17. The highest BCUT2D eigenvalue weighted by Gasteiger charge is 2.21. The second kappa shape index (κ2) is 4.64. The van der Waals surface area contributed by atoms with Crippen LogP contribution >= 0.6 is 15.9 Å². The Bertz CT molecular complexity index is 347. The van der Waals surface area contributed by atoms with Crippen molar-refractivity contribution in [2.45, 2.75) is 19.5 Å². The Labute approximate surface area is 99.8 Å². The van der Waals surface area contributed by atoms with E-state index >= 15 is 0 Å². The van der Waals surface area contributed by atoms with Crippen LogP contribution in [0.3, 0.4) is 0 Å². The maximum absolute atomic E-state index is 3.52. The second-order valence-corrected chi connectivity index (χ2v) is 5.21. The molecular formula is C12H17BrN2. The molecule has 1 aromatic rings. The highest BCUT2D eigenvalue weighted by Crippen LogP contribution is 2.18. The summed E-state index contributed by atoms with van der Waals surface area (Å²) in [4.78, 5) is 2.42. The van der Waals surface area contributed by atoms with Crippen molar-refractivity contribution in [3.63, 3.8) is 0 Å². The lowest BCUT2D eigenvalue weighted by atomic mass is 10.1. The van der Waals surface area contributed by atoms with E-state index in [0.717, 1.165) is 19.6 Å². The molecule has 2 nitrogen and oxygen atoms in total. The van der Waals surface area contributed by atoms with Crippen molar-refractivity contribution >= 4 is 15.9 Å². The van der Waals surface area contributed by atoms with E-state index in [-0.39, 0.29) is 0 Å². The molecule has 82 valence electrons. The predicted molar refractivity (Wildman–Crippen MR) is 67.0 cm³/mol. The molecule has 2 rings (SSSR count). The Morgan fingerprint density at radius 1 is 1.47 bits per heavy atom. The molecule has 1 N–H and O–H groups in total. The average molecular weight is 269 g/mol. The van der Waals surface area contributed by atoms with E-state index < -0.39 is 0 Å². The molecule has 3 heteroatoms. The first kappa shape index (κ1) is 11.1. The maximum Gasteiger partial charge on any atom is 0.0345 e. The minimum Gasteiger partial charge on any atom is -0.314 e. The van der Waals surface area contributed by atoms with Crippen molar-refractivity contribution in [2.75, 3.05) is 20.1 Å². The van der Waals surface area contributed by atoms with Crippen molar-refractivity contribution in [2.24, 2.45) is 0 Å². The van der Waals surface area contributed by atoms with Crippen LogP contribution in [-0.2, 0) is 6.54 Å². The number of nitrogens with one attached hydrogen (secondary N) is 1. The molecule has 0 spiro atoms.